The number of benzene rings is 1. The van der Waals surface area contributed by atoms with Crippen molar-refractivity contribution in [2.75, 3.05) is 33.7 Å². The smallest absolute Gasteiger partial charge is 0.320 e. The lowest BCUT2D eigenvalue weighted by atomic mass is 9.88. The maximum Gasteiger partial charge on any atom is 0.320 e. The molecule has 3 amide bonds. The molecular weight excluding hydrogens is 366 g/mol. The Morgan fingerprint density at radius 2 is 2.00 bits per heavy atom. The molecule has 2 aliphatic rings. The second-order valence-corrected chi connectivity index (χ2v) is 8.46. The molecule has 0 saturated carbocycles. The summed E-state index contributed by atoms with van der Waals surface area (Å²) >= 11 is 0. The number of nitrogens with one attached hydrogen (secondary N) is 1. The number of aromatic nitrogens is 2. The summed E-state index contributed by atoms with van der Waals surface area (Å²) in [5.41, 5.74) is 3.45. The van der Waals surface area contributed by atoms with E-state index in [1.165, 1.54) is 11.1 Å². The molecule has 0 unspecified atom stereocenters. The van der Waals surface area contributed by atoms with Crippen LogP contribution in [-0.2, 0) is 11.2 Å². The van der Waals surface area contributed by atoms with Gasteiger partial charge in [0.05, 0.1) is 12.2 Å². The number of nitrogens with zero attached hydrogens (tertiary/aromatic N) is 4. The monoisotopic (exact) mass is 395 g/mol. The van der Waals surface area contributed by atoms with E-state index in [4.69, 9.17) is 0 Å². The molecule has 0 radical (unpaired) electrons. The van der Waals surface area contributed by atoms with Crippen molar-refractivity contribution in [3.63, 3.8) is 0 Å². The minimum absolute atomic E-state index is 0.0165. The number of carbonyl (C=O) groups is 2. The predicted octanol–water partition coefficient (Wildman–Crippen LogP) is 2.46. The molecule has 7 heteroatoms. The Kier molecular flexibility index (Phi) is 5.30. The number of H-pyrrole nitrogens is 1. The number of carbonyl (C=O) groups excluding carboxylic acids is 2. The first-order valence-electron chi connectivity index (χ1n) is 10.2. The fraction of sp³-hybridized carbons (Fsp3) is 0.500. The number of urea groups is 1. The first kappa shape index (κ1) is 19.5. The molecular formula is C22H29N5O2. The molecule has 3 heterocycles. The third-order valence-electron chi connectivity index (χ3n) is 6.33. The van der Waals surface area contributed by atoms with Gasteiger partial charge in [-0.25, -0.2) is 4.79 Å². The van der Waals surface area contributed by atoms with Crippen LogP contribution in [0.15, 0.2) is 36.7 Å². The molecule has 29 heavy (non-hydrogen) atoms. The zero-order valence-corrected chi connectivity index (χ0v) is 17.3. The highest BCUT2D eigenvalue weighted by molar-refractivity contribution is 5.77. The minimum Gasteiger partial charge on any atom is -0.342 e. The number of likely N-dealkylation sites (tertiary alicyclic amines) is 2. The Morgan fingerprint density at radius 3 is 2.69 bits per heavy atom. The first-order chi connectivity index (χ1) is 14.0. The molecule has 0 bridgehead atoms. The van der Waals surface area contributed by atoms with Crippen LogP contribution in [-0.4, -0.2) is 70.6 Å². The van der Waals surface area contributed by atoms with Crippen molar-refractivity contribution >= 4 is 11.9 Å². The van der Waals surface area contributed by atoms with E-state index in [-0.39, 0.29) is 23.9 Å². The molecule has 3 atom stereocenters. The Balaban J connectivity index is 1.52. The summed E-state index contributed by atoms with van der Waals surface area (Å²) in [7, 11) is 3.61. The van der Waals surface area contributed by atoms with Gasteiger partial charge in [0, 0.05) is 58.2 Å². The van der Waals surface area contributed by atoms with Crippen LogP contribution in [0.2, 0.25) is 0 Å². The van der Waals surface area contributed by atoms with Crippen LogP contribution >= 0.6 is 0 Å². The molecule has 7 nitrogen and oxygen atoms in total. The van der Waals surface area contributed by atoms with Crippen LogP contribution in [0.25, 0.3) is 0 Å². The van der Waals surface area contributed by atoms with Gasteiger partial charge in [0.2, 0.25) is 5.91 Å². The number of fused-ring (bicyclic) bond motifs is 1. The number of aryl methyl sites for hydroxylation is 2. The molecule has 2 aromatic rings. The summed E-state index contributed by atoms with van der Waals surface area (Å²) in [5, 5.41) is 6.74. The maximum atomic E-state index is 12.9. The van der Waals surface area contributed by atoms with E-state index in [9.17, 15) is 9.59 Å². The quantitative estimate of drug-likeness (QED) is 0.864. The lowest BCUT2D eigenvalue weighted by Gasteiger charge is -2.32. The summed E-state index contributed by atoms with van der Waals surface area (Å²) < 4.78 is 0. The fourth-order valence-electron chi connectivity index (χ4n) is 4.84. The normalized spacial score (nSPS) is 23.3. The highest BCUT2D eigenvalue weighted by Gasteiger charge is 2.50. The highest BCUT2D eigenvalue weighted by atomic mass is 16.2. The van der Waals surface area contributed by atoms with Gasteiger partial charge in [-0.05, 0) is 30.0 Å². The molecule has 154 valence electrons. The van der Waals surface area contributed by atoms with Gasteiger partial charge in [-0.2, -0.15) is 5.10 Å². The van der Waals surface area contributed by atoms with Crippen molar-refractivity contribution in [2.45, 2.75) is 25.8 Å². The summed E-state index contributed by atoms with van der Waals surface area (Å²) in [5.74, 6) is 0.786. The number of amides is 3. The van der Waals surface area contributed by atoms with Crippen molar-refractivity contribution in [3.8, 4) is 0 Å². The van der Waals surface area contributed by atoms with Gasteiger partial charge < -0.3 is 14.7 Å². The number of hydrogen-bond donors (Lipinski definition) is 1. The molecule has 0 spiro atoms. The number of rotatable bonds is 4. The largest absolute Gasteiger partial charge is 0.342 e. The molecule has 1 aromatic heterocycles. The van der Waals surface area contributed by atoms with Crippen molar-refractivity contribution in [2.24, 2.45) is 11.8 Å². The molecule has 1 aromatic carbocycles. The lowest BCUT2D eigenvalue weighted by Crippen LogP contribution is -2.42. The van der Waals surface area contributed by atoms with Crippen LogP contribution in [0, 0.1) is 18.8 Å². The average Bonchev–Trinajstić information content (AvgIpc) is 3.42. The molecule has 2 saturated heterocycles. The van der Waals surface area contributed by atoms with Crippen LogP contribution < -0.4 is 0 Å². The Labute approximate surface area is 171 Å². The van der Waals surface area contributed by atoms with Crippen molar-refractivity contribution < 1.29 is 9.59 Å². The van der Waals surface area contributed by atoms with Gasteiger partial charge >= 0.3 is 6.03 Å². The van der Waals surface area contributed by atoms with E-state index in [0.29, 0.717) is 31.8 Å². The van der Waals surface area contributed by atoms with Crippen molar-refractivity contribution in [1.29, 1.82) is 0 Å². The van der Waals surface area contributed by atoms with Crippen LogP contribution in [0.3, 0.4) is 0 Å². The molecule has 1 N–H and O–H groups in total. The fourth-order valence-corrected chi connectivity index (χ4v) is 4.84. The third kappa shape index (κ3) is 3.73. The van der Waals surface area contributed by atoms with Crippen LogP contribution in [0.5, 0.6) is 0 Å². The maximum absolute atomic E-state index is 12.9. The predicted molar refractivity (Wildman–Crippen MR) is 110 cm³/mol. The van der Waals surface area contributed by atoms with Gasteiger partial charge in [-0.15, -0.1) is 0 Å². The topological polar surface area (TPSA) is 72.5 Å². The summed E-state index contributed by atoms with van der Waals surface area (Å²) in [4.78, 5) is 31.4. The van der Waals surface area contributed by atoms with Crippen molar-refractivity contribution in [3.05, 3.63) is 53.3 Å². The van der Waals surface area contributed by atoms with E-state index in [1.807, 2.05) is 28.1 Å². The number of hydrogen-bond acceptors (Lipinski definition) is 3. The molecule has 4 rings (SSSR count). The van der Waals surface area contributed by atoms with Gasteiger partial charge in [0.1, 0.15) is 0 Å². The minimum atomic E-state index is 0.0165. The van der Waals surface area contributed by atoms with E-state index in [0.717, 1.165) is 12.1 Å². The van der Waals surface area contributed by atoms with E-state index in [2.05, 4.69) is 29.3 Å². The van der Waals surface area contributed by atoms with Crippen LogP contribution in [0.4, 0.5) is 4.79 Å². The second kappa shape index (κ2) is 7.89. The molecule has 0 aliphatic carbocycles. The van der Waals surface area contributed by atoms with E-state index in [1.54, 1.807) is 25.2 Å². The van der Waals surface area contributed by atoms with Crippen LogP contribution in [0.1, 0.15) is 29.2 Å². The van der Waals surface area contributed by atoms with Gasteiger partial charge in [0.25, 0.3) is 0 Å². The zero-order valence-electron chi connectivity index (χ0n) is 17.3. The molecule has 2 fully saturated rings. The summed E-state index contributed by atoms with van der Waals surface area (Å²) in [6.45, 7) is 4.25. The number of aromatic amines is 1. The Morgan fingerprint density at radius 1 is 1.21 bits per heavy atom. The lowest BCUT2D eigenvalue weighted by molar-refractivity contribution is -0.130. The molecule has 2 aliphatic heterocycles. The first-order valence-corrected chi connectivity index (χ1v) is 10.2. The van der Waals surface area contributed by atoms with Gasteiger partial charge in [0.15, 0.2) is 0 Å². The average molecular weight is 396 g/mol. The Bertz CT molecular complexity index is 879. The summed E-state index contributed by atoms with van der Waals surface area (Å²) in [6.07, 6.45) is 4.80. The zero-order chi connectivity index (χ0) is 20.5. The Hall–Kier alpha value is -2.83. The SMILES string of the molecule is Cc1ccccc1[C@H]1[C@@H]2CN(C(=O)CCc3cn[nH]c3)C[C@@H]2CN1C(=O)N(C)C. The third-order valence-corrected chi connectivity index (χ3v) is 6.33. The second-order valence-electron chi connectivity index (χ2n) is 8.46. The van der Waals surface area contributed by atoms with Gasteiger partial charge in [-0.1, -0.05) is 24.3 Å². The summed E-state index contributed by atoms with van der Waals surface area (Å²) in [6, 6.07) is 8.36. The standard InChI is InChI=1S/C22H29N5O2/c1-15-6-4-5-7-18(15)21-19-14-26(20(28)9-8-16-10-23-24-11-16)12-17(19)13-27(21)22(29)25(2)3/h4-7,10-11,17,19,21H,8-9,12-14H2,1-3H3,(H,23,24)/t17-,19-,21+/m1/s1. The van der Waals surface area contributed by atoms with Crippen molar-refractivity contribution in [1.82, 2.24) is 24.9 Å². The van der Waals surface area contributed by atoms with E-state index >= 15 is 0 Å². The van der Waals surface area contributed by atoms with E-state index < -0.39 is 0 Å². The van der Waals surface area contributed by atoms with Gasteiger partial charge in [-0.3, -0.25) is 9.89 Å². The highest BCUT2D eigenvalue weighted by Crippen LogP contribution is 2.46.